The van der Waals surface area contributed by atoms with Gasteiger partial charge in [-0.1, -0.05) is 43.4 Å². The normalized spacial score (nSPS) is 28.3. The van der Waals surface area contributed by atoms with Crippen molar-refractivity contribution in [3.05, 3.63) is 77.9 Å². The second kappa shape index (κ2) is 30.9. The average molecular weight is 1310 g/mol. The van der Waals surface area contributed by atoms with Crippen LogP contribution in [-0.2, 0) is 40.0 Å². The third kappa shape index (κ3) is 16.9. The maximum absolute atomic E-state index is 14.7. The molecular formula is C63H84N12O17S. The first-order chi connectivity index (χ1) is 44.4. The number of nitrogens with zero attached hydrogens (tertiary/aromatic N) is 6. The smallest absolute Gasteiger partial charge is 0.341 e. The van der Waals surface area contributed by atoms with Gasteiger partial charge in [0.1, 0.15) is 46.3 Å². The number of aliphatic hydroxyl groups is 6. The van der Waals surface area contributed by atoms with E-state index in [1.54, 1.807) is 12.1 Å². The third-order valence-corrected chi connectivity index (χ3v) is 19.2. The Kier molecular flexibility index (Phi) is 23.0. The fraction of sp³-hybridized carbons (Fsp3) is 0.556. The third-order valence-electron chi connectivity index (χ3n) is 18.1. The number of carbonyl (C=O) groups excluding carboxylic acids is 7. The molecule has 5 aliphatic rings. The molecule has 0 spiro atoms. The first kappa shape index (κ1) is 69.4. The molecule has 29 nitrogen and oxygen atoms in total. The average Bonchev–Trinajstić information content (AvgIpc) is 1.72. The highest BCUT2D eigenvalue weighted by molar-refractivity contribution is 7.17. The lowest BCUT2D eigenvalue weighted by molar-refractivity contribution is -0.147. The zero-order valence-electron chi connectivity index (χ0n) is 52.0. The van der Waals surface area contributed by atoms with Gasteiger partial charge in [-0.25, -0.2) is 4.79 Å². The Hall–Kier alpha value is -7.94. The number of anilines is 1. The summed E-state index contributed by atoms with van der Waals surface area (Å²) in [5.41, 5.74) is 8.56. The number of nitrogens with one attached hydrogen (secondary N) is 5. The van der Waals surface area contributed by atoms with Crippen molar-refractivity contribution < 1.29 is 83.9 Å². The predicted octanol–water partition coefficient (Wildman–Crippen LogP) is -1.96. The Balaban J connectivity index is 0.951. The Bertz CT molecular complexity index is 3310. The summed E-state index contributed by atoms with van der Waals surface area (Å²) in [5, 5.41) is 110. The van der Waals surface area contributed by atoms with Gasteiger partial charge in [-0.05, 0) is 106 Å². The van der Waals surface area contributed by atoms with Crippen LogP contribution in [0, 0.1) is 11.8 Å². The van der Waals surface area contributed by atoms with Crippen molar-refractivity contribution >= 4 is 64.3 Å². The number of nitrogens with two attached hydrogens (primary N) is 1. The Morgan fingerprint density at radius 1 is 0.731 bits per heavy atom. The number of rotatable bonds is 16. The van der Waals surface area contributed by atoms with Crippen LogP contribution in [0.4, 0.5) is 5.69 Å². The zero-order valence-corrected chi connectivity index (χ0v) is 52.8. The van der Waals surface area contributed by atoms with E-state index in [4.69, 9.17) is 10.5 Å². The number of amides is 7. The minimum Gasteiger partial charge on any atom is -0.504 e. The summed E-state index contributed by atoms with van der Waals surface area (Å²) in [7, 11) is 0. The number of benzene rings is 3. The molecule has 30 heteroatoms. The van der Waals surface area contributed by atoms with Gasteiger partial charge in [0, 0.05) is 99.4 Å². The maximum Gasteiger partial charge on any atom is 0.341 e. The minimum atomic E-state index is -2.12. The lowest BCUT2D eigenvalue weighted by Gasteiger charge is -2.42. The van der Waals surface area contributed by atoms with Gasteiger partial charge in [0.05, 0.1) is 36.6 Å². The fourth-order valence-corrected chi connectivity index (χ4v) is 13.6. The number of phenolic OH excluding ortho intramolecular Hbond substituents is 1. The summed E-state index contributed by atoms with van der Waals surface area (Å²) in [6.07, 6.45) is -7.16. The molecule has 9 rings (SSSR count). The molecule has 504 valence electrons. The maximum atomic E-state index is 14.7. The lowest BCUT2D eigenvalue weighted by Crippen LogP contribution is -2.64. The first-order valence-electron chi connectivity index (χ1n) is 31.5. The number of β-amino-alcohol motifs (C(OH)–C–C–N with tert-alkyl or cyclic N) is 1. The number of ether oxygens (including phenoxy) is 1. The van der Waals surface area contributed by atoms with Gasteiger partial charge < -0.3 is 92.6 Å². The molecular weight excluding hydrogens is 1230 g/mol. The van der Waals surface area contributed by atoms with Gasteiger partial charge in [-0.2, -0.15) is 0 Å². The van der Waals surface area contributed by atoms with Gasteiger partial charge >= 0.3 is 5.97 Å². The molecule has 7 amide bonds. The SMILES string of the molecule is CC1CCC(N2CCN(c3ccc(-c4nnc(-c5ccc(C(=O)NC6C[C@@H](O)CNC(=O)[C@@H]7[C@@H](O)[C@@H](C)CN7C(=O)[C@H]([C@H](O)CCN)NC(=O)[C@H]([C@H](O)Cc7ccc(O)c(OCC(=O)O)c7)NC(=O)[C@@H]7C[C@@H](O)CN7C(=O)[C@H]([C@@H](C)O)NC6=O)cc5)s4)cc3)CC2)CC1. The number of carbonyl (C=O) groups is 8. The zero-order chi connectivity index (χ0) is 66.9. The molecule has 3 aromatic carbocycles. The van der Waals surface area contributed by atoms with Crippen LogP contribution in [-0.4, -0.2) is 251 Å². The van der Waals surface area contributed by atoms with Crippen molar-refractivity contribution in [1.29, 1.82) is 0 Å². The van der Waals surface area contributed by atoms with Gasteiger partial charge in [-0.3, -0.25) is 38.5 Å². The number of phenols is 1. The number of aliphatic hydroxyl groups excluding tert-OH is 6. The van der Waals surface area contributed by atoms with Crippen LogP contribution in [0.25, 0.3) is 21.1 Å². The molecule has 93 heavy (non-hydrogen) atoms. The minimum absolute atomic E-state index is 0.0345. The van der Waals surface area contributed by atoms with Crippen LogP contribution in [0.2, 0.25) is 0 Å². The molecule has 1 unspecified atom stereocenters. The summed E-state index contributed by atoms with van der Waals surface area (Å²) < 4.78 is 5.16. The van der Waals surface area contributed by atoms with Crippen molar-refractivity contribution in [3.8, 4) is 32.6 Å². The number of fused-ring (bicyclic) bond motifs is 2. The second-order valence-corrected chi connectivity index (χ2v) is 26.0. The second-order valence-electron chi connectivity index (χ2n) is 25.0. The van der Waals surface area contributed by atoms with Crippen LogP contribution in [0.15, 0.2) is 66.7 Å². The van der Waals surface area contributed by atoms with E-state index in [0.717, 1.165) is 72.2 Å². The van der Waals surface area contributed by atoms with Crippen molar-refractivity contribution in [2.24, 2.45) is 17.6 Å². The Morgan fingerprint density at radius 2 is 1.35 bits per heavy atom. The van der Waals surface area contributed by atoms with E-state index >= 15 is 0 Å². The Morgan fingerprint density at radius 3 is 1.99 bits per heavy atom. The van der Waals surface area contributed by atoms with Crippen LogP contribution in [0.5, 0.6) is 11.5 Å². The number of carboxylic acids is 1. The van der Waals surface area contributed by atoms with Gasteiger partial charge in [-0.15, -0.1) is 10.2 Å². The van der Waals surface area contributed by atoms with Crippen molar-refractivity contribution in [3.63, 3.8) is 0 Å². The van der Waals surface area contributed by atoms with Crippen LogP contribution in [0.1, 0.15) is 81.6 Å². The number of aliphatic carboxylic acids is 1. The molecule has 4 aliphatic heterocycles. The monoisotopic (exact) mass is 1310 g/mol. The van der Waals surface area contributed by atoms with E-state index in [1.165, 1.54) is 62.1 Å². The van der Waals surface area contributed by atoms with Gasteiger partial charge in [0.25, 0.3) is 5.91 Å². The van der Waals surface area contributed by atoms with Crippen molar-refractivity contribution in [2.75, 3.05) is 63.9 Å². The molecule has 5 heterocycles. The molecule has 1 aromatic heterocycles. The number of hydrogen-bond donors (Lipinski definition) is 14. The molecule has 0 radical (unpaired) electrons. The Labute approximate surface area is 540 Å². The topological polar surface area (TPSA) is 433 Å². The van der Waals surface area contributed by atoms with E-state index in [-0.39, 0.29) is 36.4 Å². The predicted molar refractivity (Wildman–Crippen MR) is 336 cm³/mol. The molecule has 4 saturated heterocycles. The number of hydrogen-bond acceptors (Lipinski definition) is 22. The van der Waals surface area contributed by atoms with Crippen molar-refractivity contribution in [1.82, 2.24) is 51.5 Å². The molecule has 15 N–H and O–H groups in total. The summed E-state index contributed by atoms with van der Waals surface area (Å²) in [5.74, 6) is -9.98. The van der Waals surface area contributed by atoms with Crippen LogP contribution in [0.3, 0.4) is 0 Å². The summed E-state index contributed by atoms with van der Waals surface area (Å²) in [4.78, 5) is 120. The quantitative estimate of drug-likeness (QED) is 0.0579. The van der Waals surface area contributed by atoms with Crippen LogP contribution >= 0.6 is 11.3 Å². The van der Waals surface area contributed by atoms with Gasteiger partial charge in [0.15, 0.2) is 18.1 Å². The lowest BCUT2D eigenvalue weighted by atomic mass is 9.86. The fourth-order valence-electron chi connectivity index (χ4n) is 12.8. The first-order valence-corrected chi connectivity index (χ1v) is 32.3. The standard InChI is InChI=1S/C63H84N12O17S/c1-32-4-13-39(14-5-32)72-20-22-73(23-21-72)40-15-11-38(12-16-40)61-71-70-60(93-61)37-9-7-36(8-10-37)55(85)66-43-26-41(77)28-65-59(89)53-54(84)33(2)29-75(53)63(91)52(46(80)18-19-64)69-58(88)51(47(81)24-35-6-17-45(79)48(25-35)92-31-49(82)83)68-57(87)44-27-42(78)30-74(44)62(90)50(34(3)76)67-56(43)86/h6-12,15-17,25,32-34,39,41-44,46-47,50-54,76-81,84H,4-5,13-14,18-24,26-31,64H2,1-3H3,(H,65,89)(H,66,85)(H,67,86)(H,68,87)(H,69,88)(H,82,83)/t32?,33-,34+,39?,41+,42+,43?,44-,46+,47+,50-,51-,52-,53-,54-/m0/s1. The molecule has 1 saturated carbocycles. The largest absolute Gasteiger partial charge is 0.504 e. The van der Waals surface area contributed by atoms with E-state index in [9.17, 15) is 79.2 Å². The van der Waals surface area contributed by atoms with E-state index in [2.05, 4.69) is 65.6 Å². The van der Waals surface area contributed by atoms with E-state index in [1.807, 2.05) is 12.1 Å². The summed E-state index contributed by atoms with van der Waals surface area (Å²) in [6, 6.07) is 7.46. The van der Waals surface area contributed by atoms with E-state index in [0.29, 0.717) is 21.6 Å². The summed E-state index contributed by atoms with van der Waals surface area (Å²) >= 11 is 1.34. The number of carboxylic acid groups (broad SMARTS) is 1. The van der Waals surface area contributed by atoms with E-state index < -0.39 is 171 Å². The molecule has 4 aromatic rings. The highest BCUT2D eigenvalue weighted by atomic mass is 32.1. The molecule has 13 atom stereocenters. The van der Waals surface area contributed by atoms with Crippen LogP contribution < -0.4 is 42.0 Å². The highest BCUT2D eigenvalue weighted by Crippen LogP contribution is 2.34. The number of aromatic hydroxyl groups is 1. The molecule has 1 aliphatic carbocycles. The molecule has 5 fully saturated rings. The van der Waals surface area contributed by atoms with Crippen molar-refractivity contribution in [2.45, 2.75) is 151 Å². The highest BCUT2D eigenvalue weighted by Gasteiger charge is 2.50. The number of aromatic nitrogens is 2. The molecule has 0 bridgehead atoms. The number of piperazine rings is 1. The van der Waals surface area contributed by atoms with Gasteiger partial charge in [0.2, 0.25) is 35.4 Å². The summed E-state index contributed by atoms with van der Waals surface area (Å²) in [6.45, 7) is 6.29.